The van der Waals surface area contributed by atoms with Crippen LogP contribution < -0.4 is 5.32 Å². The number of benzene rings is 1. The van der Waals surface area contributed by atoms with Crippen LogP contribution in [0.3, 0.4) is 0 Å². The minimum Gasteiger partial charge on any atom is -0.480 e. The van der Waals surface area contributed by atoms with Crippen molar-refractivity contribution in [2.45, 2.75) is 64.8 Å². The number of carbonyl (C=O) groups is 2. The Morgan fingerprint density at radius 2 is 1.64 bits per heavy atom. The molecular formula is C18H25NO3. The Kier molecular flexibility index (Phi) is 4.89. The van der Waals surface area contributed by atoms with Gasteiger partial charge in [0.15, 0.2) is 0 Å². The van der Waals surface area contributed by atoms with E-state index in [1.54, 1.807) is 0 Å². The molecule has 0 aliphatic heterocycles. The number of amides is 1. The third-order valence-corrected chi connectivity index (χ3v) is 4.67. The molecule has 1 aliphatic rings. The van der Waals surface area contributed by atoms with Gasteiger partial charge in [-0.15, -0.1) is 0 Å². The minimum atomic E-state index is -1.07. The summed E-state index contributed by atoms with van der Waals surface area (Å²) in [6, 6.07) is 4.12. The molecule has 1 saturated carbocycles. The zero-order chi connectivity index (χ0) is 16.3. The molecule has 1 aromatic rings. The third-order valence-electron chi connectivity index (χ3n) is 4.67. The van der Waals surface area contributed by atoms with Gasteiger partial charge in [0.05, 0.1) is 6.42 Å². The van der Waals surface area contributed by atoms with Crippen molar-refractivity contribution in [1.82, 2.24) is 5.32 Å². The summed E-state index contributed by atoms with van der Waals surface area (Å²) in [5, 5.41) is 12.3. The molecule has 2 rings (SSSR count). The monoisotopic (exact) mass is 303 g/mol. The van der Waals surface area contributed by atoms with Crippen LogP contribution in [0.1, 0.15) is 54.4 Å². The van der Waals surface area contributed by atoms with Gasteiger partial charge in [0.25, 0.3) is 0 Å². The molecule has 1 fully saturated rings. The minimum absolute atomic E-state index is 0.195. The molecule has 1 amide bonds. The summed E-state index contributed by atoms with van der Waals surface area (Å²) in [4.78, 5) is 24.0. The van der Waals surface area contributed by atoms with Crippen molar-refractivity contribution in [3.05, 3.63) is 34.4 Å². The van der Waals surface area contributed by atoms with Crippen molar-refractivity contribution in [3.63, 3.8) is 0 Å². The lowest BCUT2D eigenvalue weighted by molar-refractivity contribution is -0.149. The van der Waals surface area contributed by atoms with Crippen LogP contribution in [0.4, 0.5) is 0 Å². The highest BCUT2D eigenvalue weighted by Crippen LogP contribution is 2.29. The number of carboxylic acid groups (broad SMARTS) is 1. The molecular weight excluding hydrogens is 278 g/mol. The first-order valence-corrected chi connectivity index (χ1v) is 7.95. The number of aliphatic carboxylic acids is 1. The summed E-state index contributed by atoms with van der Waals surface area (Å²) < 4.78 is 0. The smallest absolute Gasteiger partial charge is 0.329 e. The second kappa shape index (κ2) is 6.51. The van der Waals surface area contributed by atoms with Gasteiger partial charge in [-0.1, -0.05) is 37.0 Å². The SMILES string of the molecule is Cc1cc(C)c(CC(=O)NC2(C(=O)O)CCCCC2)c(C)c1. The fraction of sp³-hybridized carbons (Fsp3) is 0.556. The number of carbonyl (C=O) groups excluding carboxylic acids is 1. The first kappa shape index (κ1) is 16.5. The van der Waals surface area contributed by atoms with Crippen molar-refractivity contribution in [1.29, 1.82) is 0 Å². The molecule has 0 unspecified atom stereocenters. The predicted molar refractivity (Wildman–Crippen MR) is 86.0 cm³/mol. The number of hydrogen-bond donors (Lipinski definition) is 2. The van der Waals surface area contributed by atoms with E-state index in [2.05, 4.69) is 17.4 Å². The van der Waals surface area contributed by atoms with Crippen LogP contribution in [0.15, 0.2) is 12.1 Å². The average molecular weight is 303 g/mol. The summed E-state index contributed by atoms with van der Waals surface area (Å²) in [6.45, 7) is 6.03. The largest absolute Gasteiger partial charge is 0.480 e. The highest BCUT2D eigenvalue weighted by Gasteiger charge is 2.40. The van der Waals surface area contributed by atoms with Crippen LogP contribution >= 0.6 is 0 Å². The van der Waals surface area contributed by atoms with Gasteiger partial charge in [-0.05, 0) is 50.3 Å². The molecule has 1 aliphatic carbocycles. The lowest BCUT2D eigenvalue weighted by Gasteiger charge is -2.34. The van der Waals surface area contributed by atoms with Crippen molar-refractivity contribution >= 4 is 11.9 Å². The molecule has 4 nitrogen and oxygen atoms in total. The number of hydrogen-bond acceptors (Lipinski definition) is 2. The molecule has 120 valence electrons. The Morgan fingerprint density at radius 1 is 1.09 bits per heavy atom. The van der Waals surface area contributed by atoms with Gasteiger partial charge in [0.2, 0.25) is 5.91 Å². The highest BCUT2D eigenvalue weighted by molar-refractivity contribution is 5.88. The van der Waals surface area contributed by atoms with E-state index in [0.29, 0.717) is 12.8 Å². The second-order valence-electron chi connectivity index (χ2n) is 6.55. The molecule has 0 spiro atoms. The van der Waals surface area contributed by atoms with Crippen LogP contribution in [-0.2, 0) is 16.0 Å². The van der Waals surface area contributed by atoms with Gasteiger partial charge >= 0.3 is 5.97 Å². The topological polar surface area (TPSA) is 66.4 Å². The molecule has 2 N–H and O–H groups in total. The lowest BCUT2D eigenvalue weighted by Crippen LogP contribution is -2.56. The Bertz CT molecular complexity index is 563. The van der Waals surface area contributed by atoms with Crippen molar-refractivity contribution in [2.75, 3.05) is 0 Å². The standard InChI is InChI=1S/C18H25NO3/c1-12-9-13(2)15(14(3)10-12)11-16(20)19-18(17(21)22)7-5-4-6-8-18/h9-10H,4-8,11H2,1-3H3,(H,19,20)(H,21,22). The van der Waals surface area contributed by atoms with Crippen LogP contribution in [0, 0.1) is 20.8 Å². The maximum atomic E-state index is 12.4. The van der Waals surface area contributed by atoms with Gasteiger partial charge in [0, 0.05) is 0 Å². The van der Waals surface area contributed by atoms with Gasteiger partial charge in [-0.25, -0.2) is 4.79 Å². The molecule has 4 heteroatoms. The molecule has 0 bridgehead atoms. The maximum Gasteiger partial charge on any atom is 0.329 e. The fourth-order valence-electron chi connectivity index (χ4n) is 3.51. The van der Waals surface area contributed by atoms with Gasteiger partial charge in [-0.2, -0.15) is 0 Å². The van der Waals surface area contributed by atoms with Gasteiger partial charge in [-0.3, -0.25) is 4.79 Å². The number of carboxylic acids is 1. The molecule has 0 aromatic heterocycles. The Hall–Kier alpha value is -1.84. The number of nitrogens with one attached hydrogen (secondary N) is 1. The van der Waals surface area contributed by atoms with E-state index in [1.165, 1.54) is 5.56 Å². The average Bonchev–Trinajstić information content (AvgIpc) is 2.43. The first-order valence-electron chi connectivity index (χ1n) is 7.95. The van der Waals surface area contributed by atoms with E-state index in [-0.39, 0.29) is 12.3 Å². The molecule has 1 aromatic carbocycles. The van der Waals surface area contributed by atoms with Crippen LogP contribution in [-0.4, -0.2) is 22.5 Å². The molecule has 0 atom stereocenters. The van der Waals surface area contributed by atoms with E-state index in [1.807, 2.05) is 20.8 Å². The lowest BCUT2D eigenvalue weighted by atomic mass is 9.81. The van der Waals surface area contributed by atoms with E-state index in [9.17, 15) is 14.7 Å². The normalized spacial score (nSPS) is 17.0. The second-order valence-corrected chi connectivity index (χ2v) is 6.55. The molecule has 0 heterocycles. The number of rotatable bonds is 4. The predicted octanol–water partition coefficient (Wildman–Crippen LogP) is 3.06. The van der Waals surface area contributed by atoms with E-state index < -0.39 is 11.5 Å². The van der Waals surface area contributed by atoms with Gasteiger partial charge < -0.3 is 10.4 Å². The zero-order valence-electron chi connectivity index (χ0n) is 13.7. The molecule has 22 heavy (non-hydrogen) atoms. The third kappa shape index (κ3) is 3.49. The van der Waals surface area contributed by atoms with Crippen molar-refractivity contribution < 1.29 is 14.7 Å². The van der Waals surface area contributed by atoms with Crippen LogP contribution in [0.5, 0.6) is 0 Å². The van der Waals surface area contributed by atoms with Crippen molar-refractivity contribution in [3.8, 4) is 0 Å². The summed E-state index contributed by atoms with van der Waals surface area (Å²) in [6.07, 6.45) is 4.05. The quantitative estimate of drug-likeness (QED) is 0.898. The summed E-state index contributed by atoms with van der Waals surface area (Å²) in [5.41, 5.74) is 3.27. The molecule has 0 saturated heterocycles. The highest BCUT2D eigenvalue weighted by atomic mass is 16.4. The fourth-order valence-corrected chi connectivity index (χ4v) is 3.51. The summed E-state index contributed by atoms with van der Waals surface area (Å²) in [7, 11) is 0. The van der Waals surface area contributed by atoms with Crippen LogP contribution in [0.2, 0.25) is 0 Å². The summed E-state index contributed by atoms with van der Waals surface area (Å²) in [5.74, 6) is -1.10. The zero-order valence-corrected chi connectivity index (χ0v) is 13.7. The first-order chi connectivity index (χ1) is 10.3. The Balaban J connectivity index is 2.14. The van der Waals surface area contributed by atoms with Gasteiger partial charge in [0.1, 0.15) is 5.54 Å². The molecule has 0 radical (unpaired) electrons. The number of aryl methyl sites for hydroxylation is 3. The van der Waals surface area contributed by atoms with E-state index >= 15 is 0 Å². The van der Waals surface area contributed by atoms with Crippen molar-refractivity contribution in [2.24, 2.45) is 0 Å². The Morgan fingerprint density at radius 3 is 2.14 bits per heavy atom. The van der Waals surface area contributed by atoms with E-state index in [0.717, 1.165) is 36.0 Å². The maximum absolute atomic E-state index is 12.4. The van der Waals surface area contributed by atoms with Crippen LogP contribution in [0.25, 0.3) is 0 Å². The Labute approximate surface area is 131 Å². The van der Waals surface area contributed by atoms with E-state index in [4.69, 9.17) is 0 Å². The summed E-state index contributed by atoms with van der Waals surface area (Å²) >= 11 is 0.